The molecule has 0 spiro atoms. The van der Waals surface area contributed by atoms with Crippen LogP contribution < -0.4 is 5.46 Å². The summed E-state index contributed by atoms with van der Waals surface area (Å²) in [4.78, 5) is 0. The first-order valence-electron chi connectivity index (χ1n) is 6.06. The molecule has 4 nitrogen and oxygen atoms in total. The van der Waals surface area contributed by atoms with Crippen LogP contribution in [0.1, 0.15) is 33.3 Å². The van der Waals surface area contributed by atoms with Gasteiger partial charge in [0.1, 0.15) is 5.82 Å². The standard InChI is InChI=1S/C13H20BFO4/c1-12(2,17)13(3,4)19-14(18)10-6-5-9(8-16)7-11(10)15/h5-7,16-18H,8H2,1-4H3. The van der Waals surface area contributed by atoms with Crippen LogP contribution in [-0.2, 0) is 11.3 Å². The van der Waals surface area contributed by atoms with Crippen molar-refractivity contribution in [2.45, 2.75) is 45.5 Å². The fourth-order valence-corrected chi connectivity index (χ4v) is 1.36. The minimum absolute atomic E-state index is 0.0328. The van der Waals surface area contributed by atoms with E-state index in [9.17, 15) is 14.5 Å². The molecule has 0 aromatic heterocycles. The summed E-state index contributed by atoms with van der Waals surface area (Å²) in [7, 11) is -1.49. The number of aliphatic hydroxyl groups is 2. The normalized spacial score (nSPS) is 12.6. The Morgan fingerprint density at radius 3 is 2.26 bits per heavy atom. The molecular formula is C13H20BFO4. The highest BCUT2D eigenvalue weighted by Crippen LogP contribution is 2.25. The second-order valence-electron chi connectivity index (χ2n) is 5.55. The van der Waals surface area contributed by atoms with Crippen molar-refractivity contribution in [3.8, 4) is 0 Å². The van der Waals surface area contributed by atoms with Gasteiger partial charge in [0.25, 0.3) is 0 Å². The third-order valence-electron chi connectivity index (χ3n) is 3.39. The molecule has 19 heavy (non-hydrogen) atoms. The van der Waals surface area contributed by atoms with E-state index in [1.165, 1.54) is 12.1 Å². The van der Waals surface area contributed by atoms with Gasteiger partial charge in [-0.3, -0.25) is 0 Å². The Labute approximate surface area is 113 Å². The summed E-state index contributed by atoms with van der Waals surface area (Å²) in [6, 6.07) is 3.99. The summed E-state index contributed by atoms with van der Waals surface area (Å²) in [5, 5.41) is 28.7. The molecule has 0 radical (unpaired) electrons. The van der Waals surface area contributed by atoms with E-state index in [4.69, 9.17) is 9.76 Å². The summed E-state index contributed by atoms with van der Waals surface area (Å²) in [5.41, 5.74) is -1.88. The molecule has 0 aliphatic heterocycles. The van der Waals surface area contributed by atoms with Gasteiger partial charge in [0.2, 0.25) is 0 Å². The van der Waals surface area contributed by atoms with Crippen LogP contribution in [0.25, 0.3) is 0 Å². The van der Waals surface area contributed by atoms with Crippen LogP contribution in [0.2, 0.25) is 0 Å². The van der Waals surface area contributed by atoms with Gasteiger partial charge in [-0.05, 0) is 39.3 Å². The summed E-state index contributed by atoms with van der Waals surface area (Å²) in [6.07, 6.45) is 0. The average molecular weight is 270 g/mol. The Morgan fingerprint density at radius 2 is 1.84 bits per heavy atom. The number of rotatable bonds is 5. The molecule has 1 rings (SSSR count). The molecule has 0 aliphatic rings. The Hall–Kier alpha value is -0.945. The van der Waals surface area contributed by atoms with Gasteiger partial charge in [-0.1, -0.05) is 12.1 Å². The lowest BCUT2D eigenvalue weighted by Gasteiger charge is -2.38. The lowest BCUT2D eigenvalue weighted by molar-refractivity contribution is -0.0983. The predicted molar refractivity (Wildman–Crippen MR) is 71.4 cm³/mol. The van der Waals surface area contributed by atoms with Gasteiger partial charge < -0.3 is 19.9 Å². The molecule has 1 aromatic rings. The van der Waals surface area contributed by atoms with Crippen LogP contribution >= 0.6 is 0 Å². The van der Waals surface area contributed by atoms with E-state index < -0.39 is 24.1 Å². The maximum atomic E-state index is 13.7. The SMILES string of the molecule is CC(C)(O)C(C)(C)OB(O)c1ccc(CO)cc1F. The van der Waals surface area contributed by atoms with E-state index in [1.54, 1.807) is 27.7 Å². The third-order valence-corrected chi connectivity index (χ3v) is 3.39. The first kappa shape index (κ1) is 16.1. The smallest absolute Gasteiger partial charge is 0.423 e. The maximum Gasteiger partial charge on any atom is 0.494 e. The minimum Gasteiger partial charge on any atom is -0.423 e. The van der Waals surface area contributed by atoms with Crippen molar-refractivity contribution < 1.29 is 24.3 Å². The molecule has 3 N–H and O–H groups in total. The molecule has 0 unspecified atom stereocenters. The van der Waals surface area contributed by atoms with E-state index in [-0.39, 0.29) is 12.1 Å². The lowest BCUT2D eigenvalue weighted by atomic mass is 9.76. The number of benzene rings is 1. The molecule has 6 heteroatoms. The van der Waals surface area contributed by atoms with Crippen molar-refractivity contribution in [2.24, 2.45) is 0 Å². The topological polar surface area (TPSA) is 69.9 Å². The van der Waals surface area contributed by atoms with Crippen molar-refractivity contribution in [1.82, 2.24) is 0 Å². The first-order chi connectivity index (χ1) is 8.58. The fourth-order valence-electron chi connectivity index (χ4n) is 1.36. The average Bonchev–Trinajstić information content (AvgIpc) is 2.26. The second-order valence-corrected chi connectivity index (χ2v) is 5.55. The first-order valence-corrected chi connectivity index (χ1v) is 6.06. The van der Waals surface area contributed by atoms with E-state index in [0.29, 0.717) is 5.56 Å². The molecule has 0 aliphatic carbocycles. The van der Waals surface area contributed by atoms with E-state index in [0.717, 1.165) is 6.07 Å². The van der Waals surface area contributed by atoms with Gasteiger partial charge in [-0.25, -0.2) is 4.39 Å². The number of hydrogen-bond acceptors (Lipinski definition) is 4. The molecule has 0 heterocycles. The third kappa shape index (κ3) is 3.76. The molecule has 0 atom stereocenters. The molecule has 0 saturated heterocycles. The highest BCUT2D eigenvalue weighted by molar-refractivity contribution is 6.60. The monoisotopic (exact) mass is 270 g/mol. The molecule has 1 aromatic carbocycles. The number of hydrogen-bond donors (Lipinski definition) is 3. The van der Waals surface area contributed by atoms with Crippen LogP contribution in [0, 0.1) is 5.82 Å². The zero-order chi connectivity index (χ0) is 14.8. The highest BCUT2D eigenvalue weighted by atomic mass is 19.1. The van der Waals surface area contributed by atoms with Crippen LogP contribution in [0.4, 0.5) is 4.39 Å². The molecule has 0 saturated carbocycles. The minimum atomic E-state index is -1.49. The van der Waals surface area contributed by atoms with Gasteiger partial charge in [-0.2, -0.15) is 0 Å². The van der Waals surface area contributed by atoms with E-state index in [1.807, 2.05) is 0 Å². The highest BCUT2D eigenvalue weighted by Gasteiger charge is 2.40. The summed E-state index contributed by atoms with van der Waals surface area (Å²) in [6.45, 7) is 6.03. The van der Waals surface area contributed by atoms with Crippen LogP contribution in [-0.4, -0.2) is 33.6 Å². The molecule has 0 amide bonds. The van der Waals surface area contributed by atoms with Crippen molar-refractivity contribution in [3.05, 3.63) is 29.6 Å². The van der Waals surface area contributed by atoms with Gasteiger partial charge >= 0.3 is 7.12 Å². The summed E-state index contributed by atoms with van der Waals surface area (Å²) in [5.74, 6) is -0.661. The van der Waals surface area contributed by atoms with Crippen LogP contribution in [0.3, 0.4) is 0 Å². The Morgan fingerprint density at radius 1 is 1.26 bits per heavy atom. The quantitative estimate of drug-likeness (QED) is 0.684. The second kappa shape index (κ2) is 5.59. The zero-order valence-electron chi connectivity index (χ0n) is 11.6. The Kier molecular flexibility index (Phi) is 4.74. The molecule has 0 bridgehead atoms. The Balaban J connectivity index is 2.93. The van der Waals surface area contributed by atoms with Gasteiger partial charge in [0.05, 0.1) is 17.8 Å². The number of halogens is 1. The van der Waals surface area contributed by atoms with Crippen molar-refractivity contribution >= 4 is 12.6 Å². The Bertz CT molecular complexity index is 443. The van der Waals surface area contributed by atoms with Gasteiger partial charge in [0.15, 0.2) is 0 Å². The van der Waals surface area contributed by atoms with Crippen molar-refractivity contribution in [2.75, 3.05) is 0 Å². The fraction of sp³-hybridized carbons (Fsp3) is 0.538. The van der Waals surface area contributed by atoms with Crippen molar-refractivity contribution in [3.63, 3.8) is 0 Å². The van der Waals surface area contributed by atoms with Crippen LogP contribution in [0.15, 0.2) is 18.2 Å². The van der Waals surface area contributed by atoms with Crippen molar-refractivity contribution in [1.29, 1.82) is 0 Å². The summed E-state index contributed by atoms with van der Waals surface area (Å²) >= 11 is 0. The zero-order valence-corrected chi connectivity index (χ0v) is 11.6. The van der Waals surface area contributed by atoms with E-state index >= 15 is 0 Å². The predicted octanol–water partition coefficient (Wildman–Crippen LogP) is 0.572. The van der Waals surface area contributed by atoms with E-state index in [2.05, 4.69) is 0 Å². The molecular weight excluding hydrogens is 250 g/mol. The van der Waals surface area contributed by atoms with Gasteiger partial charge in [0, 0.05) is 5.46 Å². The van der Waals surface area contributed by atoms with Gasteiger partial charge in [-0.15, -0.1) is 0 Å². The lowest BCUT2D eigenvalue weighted by Crippen LogP contribution is -2.53. The summed E-state index contributed by atoms with van der Waals surface area (Å²) < 4.78 is 19.1. The number of aliphatic hydroxyl groups excluding tert-OH is 1. The molecule has 0 fully saturated rings. The van der Waals surface area contributed by atoms with Crippen LogP contribution in [0.5, 0.6) is 0 Å². The molecule has 106 valence electrons. The maximum absolute atomic E-state index is 13.7. The largest absolute Gasteiger partial charge is 0.494 e.